The number of hydrogen-bond acceptors (Lipinski definition) is 6. The molecule has 0 aliphatic carbocycles. The number of aromatic nitrogens is 6. The van der Waals surface area contributed by atoms with E-state index >= 15 is 0 Å². The van der Waals surface area contributed by atoms with E-state index in [1.807, 2.05) is 24.5 Å². The number of hydrogen-bond donors (Lipinski definition) is 2. The number of anilines is 2. The Labute approximate surface area is 165 Å². The molecule has 3 N–H and O–H groups in total. The zero-order chi connectivity index (χ0) is 19.8. The Balaban J connectivity index is 1.65. The first-order valence-corrected chi connectivity index (χ1v) is 8.94. The third kappa shape index (κ3) is 3.16. The van der Waals surface area contributed by atoms with Crippen LogP contribution in [0.4, 0.5) is 16.4 Å². The van der Waals surface area contributed by atoms with Gasteiger partial charge < -0.3 is 10.3 Å². The Bertz CT molecular complexity index is 1180. The first-order valence-electron chi connectivity index (χ1n) is 8.56. The van der Waals surface area contributed by atoms with Crippen molar-refractivity contribution in [2.75, 3.05) is 11.1 Å². The van der Waals surface area contributed by atoms with Crippen LogP contribution in [0.2, 0.25) is 5.02 Å². The van der Waals surface area contributed by atoms with Gasteiger partial charge in [0.1, 0.15) is 17.8 Å². The molecule has 1 amide bonds. The molecule has 3 aromatic heterocycles. The number of amides is 1. The normalized spacial score (nSPS) is 11.3. The highest BCUT2D eigenvalue weighted by Crippen LogP contribution is 2.25. The molecule has 0 unspecified atom stereocenters. The fourth-order valence-electron chi connectivity index (χ4n) is 2.86. The van der Waals surface area contributed by atoms with Crippen molar-refractivity contribution in [3.05, 3.63) is 47.7 Å². The van der Waals surface area contributed by atoms with Gasteiger partial charge in [0.25, 0.3) is 0 Å². The van der Waals surface area contributed by atoms with Crippen molar-refractivity contribution in [3.63, 3.8) is 0 Å². The molecule has 0 aliphatic rings. The first kappa shape index (κ1) is 17.9. The van der Waals surface area contributed by atoms with E-state index in [-0.39, 0.29) is 11.9 Å². The van der Waals surface area contributed by atoms with Crippen molar-refractivity contribution >= 4 is 40.2 Å². The van der Waals surface area contributed by atoms with E-state index in [9.17, 15) is 4.79 Å². The van der Waals surface area contributed by atoms with Gasteiger partial charge >= 0.3 is 6.03 Å². The van der Waals surface area contributed by atoms with Gasteiger partial charge in [-0.25, -0.2) is 9.78 Å². The van der Waals surface area contributed by atoms with Crippen molar-refractivity contribution in [1.29, 1.82) is 0 Å². The minimum atomic E-state index is -0.487. The summed E-state index contributed by atoms with van der Waals surface area (Å²) in [6.45, 7) is 4.05. The van der Waals surface area contributed by atoms with Crippen LogP contribution < -0.4 is 11.1 Å². The maximum Gasteiger partial charge on any atom is 0.348 e. The molecule has 4 aromatic rings. The molecule has 3 heterocycles. The van der Waals surface area contributed by atoms with Gasteiger partial charge in [-0.3, -0.25) is 5.32 Å². The van der Waals surface area contributed by atoms with Gasteiger partial charge in [-0.15, -0.1) is 15.3 Å². The number of pyridine rings is 1. The smallest absolute Gasteiger partial charge is 0.348 e. The van der Waals surface area contributed by atoms with Crippen LogP contribution in [0.3, 0.4) is 0 Å². The van der Waals surface area contributed by atoms with Gasteiger partial charge in [0.15, 0.2) is 11.6 Å². The predicted octanol–water partition coefficient (Wildman–Crippen LogP) is 3.59. The zero-order valence-corrected chi connectivity index (χ0v) is 15.9. The quantitative estimate of drug-likeness (QED) is 0.546. The highest BCUT2D eigenvalue weighted by Gasteiger charge is 2.16. The predicted molar refractivity (Wildman–Crippen MR) is 107 cm³/mol. The van der Waals surface area contributed by atoms with Crippen molar-refractivity contribution in [2.24, 2.45) is 0 Å². The van der Waals surface area contributed by atoms with Crippen LogP contribution in [0.1, 0.15) is 19.9 Å². The number of nitrogens with zero attached hydrogens (tertiary/aromatic N) is 6. The number of carbonyl (C=O) groups excluding carboxylic acids is 1. The second-order valence-corrected chi connectivity index (χ2v) is 6.89. The van der Waals surface area contributed by atoms with Gasteiger partial charge in [-0.1, -0.05) is 17.7 Å². The van der Waals surface area contributed by atoms with E-state index in [4.69, 9.17) is 17.3 Å². The van der Waals surface area contributed by atoms with Gasteiger partial charge in [0.05, 0.1) is 5.52 Å². The number of rotatable bonds is 3. The number of nitrogens with one attached hydrogen (secondary N) is 1. The Morgan fingerprint density at radius 3 is 2.86 bits per heavy atom. The third-order valence-corrected chi connectivity index (χ3v) is 4.44. The Morgan fingerprint density at radius 2 is 2.07 bits per heavy atom. The highest BCUT2D eigenvalue weighted by molar-refractivity contribution is 6.31. The third-order valence-electron chi connectivity index (χ3n) is 4.21. The van der Waals surface area contributed by atoms with Crippen molar-refractivity contribution in [2.45, 2.75) is 19.9 Å². The largest absolute Gasteiger partial charge is 0.382 e. The number of nitrogens with two attached hydrogens (primary N) is 1. The molecule has 0 atom stereocenters. The summed E-state index contributed by atoms with van der Waals surface area (Å²) in [5, 5.41) is 16.0. The Kier molecular flexibility index (Phi) is 4.44. The standard InChI is InChI=1S/C18H17ClN8O/c1-10(2)26-9-21-24-17(26)13-4-3-5-15(22-13)23-18(28)27-14-7-6-11(19)8-12(14)16(20)25-27/h3-10H,1-2H3,(H2,20,25)(H,22,23,28). The van der Waals surface area contributed by atoms with Gasteiger partial charge in [-0.2, -0.15) is 4.68 Å². The summed E-state index contributed by atoms with van der Waals surface area (Å²) in [6, 6.07) is 10.00. The van der Waals surface area contributed by atoms with Gasteiger partial charge in [-0.05, 0) is 44.2 Å². The summed E-state index contributed by atoms with van der Waals surface area (Å²) < 4.78 is 3.09. The summed E-state index contributed by atoms with van der Waals surface area (Å²) in [4.78, 5) is 17.2. The number of benzene rings is 1. The van der Waals surface area contributed by atoms with Crippen LogP contribution in [-0.2, 0) is 0 Å². The summed E-state index contributed by atoms with van der Waals surface area (Å²) in [7, 11) is 0. The zero-order valence-electron chi connectivity index (χ0n) is 15.2. The summed E-state index contributed by atoms with van der Waals surface area (Å²) in [5.41, 5.74) is 7.05. The van der Waals surface area contributed by atoms with E-state index in [1.165, 1.54) is 4.68 Å². The fraction of sp³-hybridized carbons (Fsp3) is 0.167. The number of carbonyl (C=O) groups is 1. The van der Waals surface area contributed by atoms with Gasteiger partial charge in [0, 0.05) is 16.5 Å². The van der Waals surface area contributed by atoms with Crippen LogP contribution in [0.25, 0.3) is 22.4 Å². The molecule has 142 valence electrons. The minimum Gasteiger partial charge on any atom is -0.382 e. The molecule has 0 aliphatic heterocycles. The molecular weight excluding hydrogens is 380 g/mol. The van der Waals surface area contributed by atoms with E-state index < -0.39 is 6.03 Å². The molecule has 10 heteroatoms. The number of nitrogen functional groups attached to an aromatic ring is 1. The SMILES string of the molecule is CC(C)n1cnnc1-c1cccc(NC(=O)n2nc(N)c3cc(Cl)ccc32)n1. The fourth-order valence-corrected chi connectivity index (χ4v) is 3.04. The van der Waals surface area contributed by atoms with Crippen LogP contribution in [0, 0.1) is 0 Å². The average molecular weight is 397 g/mol. The lowest BCUT2D eigenvalue weighted by Gasteiger charge is -2.10. The molecule has 28 heavy (non-hydrogen) atoms. The molecule has 9 nitrogen and oxygen atoms in total. The lowest BCUT2D eigenvalue weighted by molar-refractivity contribution is 0.252. The van der Waals surface area contributed by atoms with Crippen LogP contribution >= 0.6 is 11.6 Å². The average Bonchev–Trinajstić information content (AvgIpc) is 3.27. The van der Waals surface area contributed by atoms with Gasteiger partial charge in [0.2, 0.25) is 0 Å². The molecule has 0 bridgehead atoms. The van der Waals surface area contributed by atoms with E-state index in [2.05, 4.69) is 25.6 Å². The monoisotopic (exact) mass is 396 g/mol. The minimum absolute atomic E-state index is 0.176. The number of halogens is 1. The van der Waals surface area contributed by atoms with Crippen LogP contribution in [-0.4, -0.2) is 35.6 Å². The topological polar surface area (TPSA) is 117 Å². The van der Waals surface area contributed by atoms with E-state index in [0.717, 1.165) is 0 Å². The lowest BCUT2D eigenvalue weighted by Crippen LogP contribution is -2.21. The maximum absolute atomic E-state index is 12.7. The van der Waals surface area contributed by atoms with E-state index in [0.29, 0.717) is 33.3 Å². The molecule has 1 aromatic carbocycles. The summed E-state index contributed by atoms with van der Waals surface area (Å²) in [6.07, 6.45) is 1.65. The highest BCUT2D eigenvalue weighted by atomic mass is 35.5. The molecule has 0 fully saturated rings. The van der Waals surface area contributed by atoms with Crippen LogP contribution in [0.5, 0.6) is 0 Å². The molecule has 0 radical (unpaired) electrons. The first-order chi connectivity index (χ1) is 13.4. The van der Waals surface area contributed by atoms with E-state index in [1.54, 1.807) is 36.7 Å². The second kappa shape index (κ2) is 6.93. The molecule has 0 spiro atoms. The molecular formula is C18H17ClN8O. The molecule has 0 saturated heterocycles. The lowest BCUT2D eigenvalue weighted by atomic mass is 10.2. The summed E-state index contributed by atoms with van der Waals surface area (Å²) >= 11 is 5.99. The molecule has 4 rings (SSSR count). The Morgan fingerprint density at radius 1 is 1.25 bits per heavy atom. The van der Waals surface area contributed by atoms with Crippen LogP contribution in [0.15, 0.2) is 42.7 Å². The number of fused-ring (bicyclic) bond motifs is 1. The summed E-state index contributed by atoms with van der Waals surface area (Å²) in [5.74, 6) is 1.20. The van der Waals surface area contributed by atoms with Crippen molar-refractivity contribution in [1.82, 2.24) is 29.5 Å². The Hall–Kier alpha value is -3.46. The van der Waals surface area contributed by atoms with Crippen molar-refractivity contribution in [3.8, 4) is 11.5 Å². The molecule has 0 saturated carbocycles. The maximum atomic E-state index is 12.7. The van der Waals surface area contributed by atoms with Crippen molar-refractivity contribution < 1.29 is 4.79 Å². The second-order valence-electron chi connectivity index (χ2n) is 6.45.